The van der Waals surface area contributed by atoms with Gasteiger partial charge in [0.05, 0.1) is 18.8 Å². The molecule has 10 heteroatoms. The summed E-state index contributed by atoms with van der Waals surface area (Å²) >= 11 is 0. The van der Waals surface area contributed by atoms with Crippen molar-refractivity contribution < 1.29 is 5.11 Å². The highest BCUT2D eigenvalue weighted by Crippen LogP contribution is 2.25. The van der Waals surface area contributed by atoms with E-state index >= 15 is 0 Å². The maximum Gasteiger partial charge on any atom is 0.345 e. The second-order valence-corrected chi connectivity index (χ2v) is 5.41. The predicted molar refractivity (Wildman–Crippen MR) is 86.9 cm³/mol. The van der Waals surface area contributed by atoms with E-state index in [0.717, 1.165) is 0 Å². The molecule has 10 nitrogen and oxygen atoms in total. The molecule has 24 heavy (non-hydrogen) atoms. The van der Waals surface area contributed by atoms with Crippen molar-refractivity contribution in [2.24, 2.45) is 17.9 Å². The summed E-state index contributed by atoms with van der Waals surface area (Å²) in [4.78, 5) is 25.7. The number of hydrogen-bond acceptors (Lipinski definition) is 7. The Kier molecular flexibility index (Phi) is 3.22. The molecule has 1 aliphatic heterocycles. The Bertz CT molecular complexity index is 997. The van der Waals surface area contributed by atoms with E-state index in [0.29, 0.717) is 28.7 Å². The normalized spacial score (nSPS) is 14.1. The van der Waals surface area contributed by atoms with Crippen molar-refractivity contribution >= 4 is 17.3 Å². The summed E-state index contributed by atoms with van der Waals surface area (Å²) in [7, 11) is 1.64. The van der Waals surface area contributed by atoms with Crippen LogP contribution in [0.3, 0.4) is 0 Å². The van der Waals surface area contributed by atoms with Gasteiger partial charge in [-0.3, -0.25) is 19.6 Å². The second kappa shape index (κ2) is 5.28. The summed E-state index contributed by atoms with van der Waals surface area (Å²) in [5, 5.41) is 10.6. The zero-order valence-corrected chi connectivity index (χ0v) is 13.0. The van der Waals surface area contributed by atoms with E-state index in [1.54, 1.807) is 17.8 Å². The summed E-state index contributed by atoms with van der Waals surface area (Å²) in [6, 6.07) is 5.53. The van der Waals surface area contributed by atoms with Crippen LogP contribution in [0.1, 0.15) is 11.4 Å². The van der Waals surface area contributed by atoms with E-state index in [4.69, 9.17) is 5.84 Å². The molecular weight excluding hydrogens is 312 g/mol. The lowest BCUT2D eigenvalue weighted by Crippen LogP contribution is -2.37. The first-order valence-corrected chi connectivity index (χ1v) is 7.41. The Morgan fingerprint density at radius 3 is 2.92 bits per heavy atom. The summed E-state index contributed by atoms with van der Waals surface area (Å²) < 4.78 is 4.48. The Morgan fingerprint density at radius 1 is 1.38 bits per heavy atom. The van der Waals surface area contributed by atoms with Gasteiger partial charge in [0.2, 0.25) is 5.78 Å². The number of nitrogens with two attached hydrogens (primary N) is 1. The monoisotopic (exact) mass is 328 g/mol. The number of nitrogens with zero attached hydrogens (tertiary/aromatic N) is 7. The van der Waals surface area contributed by atoms with Crippen LogP contribution >= 0.6 is 0 Å². The number of aliphatic hydroxyl groups excluding tert-OH is 1. The van der Waals surface area contributed by atoms with E-state index in [9.17, 15) is 9.90 Å². The number of aromatic nitrogens is 5. The summed E-state index contributed by atoms with van der Waals surface area (Å²) in [6.07, 6.45) is 1.68. The minimum atomic E-state index is -0.274. The van der Waals surface area contributed by atoms with Crippen LogP contribution in [0.4, 0.5) is 5.82 Å². The van der Waals surface area contributed by atoms with Gasteiger partial charge in [-0.15, -0.1) is 0 Å². The van der Waals surface area contributed by atoms with E-state index < -0.39 is 0 Å². The maximum atomic E-state index is 12.4. The molecule has 0 amide bonds. The number of aliphatic imine (C=N–C) groups is 1. The fourth-order valence-corrected chi connectivity index (χ4v) is 2.89. The van der Waals surface area contributed by atoms with Gasteiger partial charge in [-0.05, 0) is 12.1 Å². The van der Waals surface area contributed by atoms with Gasteiger partial charge in [-0.1, -0.05) is 6.07 Å². The van der Waals surface area contributed by atoms with Crippen molar-refractivity contribution in [3.8, 4) is 0 Å². The van der Waals surface area contributed by atoms with Gasteiger partial charge < -0.3 is 5.11 Å². The Hall–Kier alpha value is -2.98. The van der Waals surface area contributed by atoms with Crippen molar-refractivity contribution in [1.29, 1.82) is 0 Å². The number of hydrazine groups is 1. The highest BCUT2D eigenvalue weighted by molar-refractivity contribution is 6.14. The predicted octanol–water partition coefficient (Wildman–Crippen LogP) is -1.29. The molecule has 0 radical (unpaired) electrons. The van der Waals surface area contributed by atoms with Crippen LogP contribution in [-0.2, 0) is 13.6 Å². The van der Waals surface area contributed by atoms with Crippen molar-refractivity contribution in [2.45, 2.75) is 6.54 Å². The van der Waals surface area contributed by atoms with Gasteiger partial charge in [-0.2, -0.15) is 4.98 Å². The van der Waals surface area contributed by atoms with Crippen molar-refractivity contribution in [1.82, 2.24) is 23.7 Å². The average Bonchev–Trinajstić information content (AvgIpc) is 3.09. The Balaban J connectivity index is 2.04. The van der Waals surface area contributed by atoms with Gasteiger partial charge in [0.15, 0.2) is 5.82 Å². The maximum absolute atomic E-state index is 12.4. The van der Waals surface area contributed by atoms with Crippen LogP contribution in [0.25, 0.3) is 5.78 Å². The first-order valence-electron chi connectivity index (χ1n) is 7.41. The molecule has 3 aromatic rings. The molecule has 0 saturated heterocycles. The molecule has 0 aromatic carbocycles. The minimum Gasteiger partial charge on any atom is -0.395 e. The minimum absolute atomic E-state index is 0.152. The molecule has 0 atom stereocenters. The highest BCUT2D eigenvalue weighted by atomic mass is 16.3. The quantitative estimate of drug-likeness (QED) is 0.578. The highest BCUT2D eigenvalue weighted by Gasteiger charge is 2.30. The van der Waals surface area contributed by atoms with Crippen LogP contribution in [0, 0.1) is 0 Å². The van der Waals surface area contributed by atoms with Crippen LogP contribution in [0.15, 0.2) is 34.2 Å². The number of aliphatic hydroxyl groups is 1. The molecule has 3 aromatic heterocycles. The fraction of sp³-hybridized carbons (Fsp3) is 0.286. The summed E-state index contributed by atoms with van der Waals surface area (Å²) in [6.45, 7) is 0.233. The van der Waals surface area contributed by atoms with Crippen molar-refractivity contribution in [3.63, 3.8) is 0 Å². The second-order valence-electron chi connectivity index (χ2n) is 5.41. The Morgan fingerprint density at radius 2 is 2.21 bits per heavy atom. The van der Waals surface area contributed by atoms with Crippen LogP contribution in [0.2, 0.25) is 0 Å². The van der Waals surface area contributed by atoms with Crippen LogP contribution in [-0.4, -0.2) is 47.8 Å². The van der Waals surface area contributed by atoms with E-state index in [-0.39, 0.29) is 25.5 Å². The fourth-order valence-electron chi connectivity index (χ4n) is 2.89. The number of imidazole rings is 1. The molecule has 0 aliphatic carbocycles. The first kappa shape index (κ1) is 14.6. The molecule has 0 bridgehead atoms. The molecule has 3 N–H and O–H groups in total. The Labute approximate surface area is 136 Å². The third-order valence-electron chi connectivity index (χ3n) is 3.98. The summed E-state index contributed by atoms with van der Waals surface area (Å²) in [5.74, 6) is 6.93. The number of hydrogen-bond donors (Lipinski definition) is 2. The zero-order valence-electron chi connectivity index (χ0n) is 13.0. The molecule has 0 unspecified atom stereocenters. The number of rotatable bonds is 3. The van der Waals surface area contributed by atoms with Gasteiger partial charge >= 0.3 is 5.69 Å². The molecule has 124 valence electrons. The van der Waals surface area contributed by atoms with Gasteiger partial charge in [-0.25, -0.2) is 19.8 Å². The molecule has 0 fully saturated rings. The third-order valence-corrected chi connectivity index (χ3v) is 3.98. The van der Waals surface area contributed by atoms with Crippen molar-refractivity contribution in [3.05, 3.63) is 46.3 Å². The van der Waals surface area contributed by atoms with Gasteiger partial charge in [0, 0.05) is 13.2 Å². The zero-order chi connectivity index (χ0) is 16.8. The molecule has 0 spiro atoms. The molecule has 1 aliphatic rings. The van der Waals surface area contributed by atoms with Crippen LogP contribution < -0.4 is 16.5 Å². The molecule has 4 rings (SSSR count). The number of anilines is 1. The first-order chi connectivity index (χ1) is 11.6. The standard InChI is InChI=1S/C14H16N8O2/c1-19-14(24)20(6-7-23)13-18-12-11(22(13)19)10(17-8-21(12)15)9-4-2-3-5-16-9/h2-5,23H,6-8,15H2,1H3. The topological polar surface area (TPSA) is 119 Å². The van der Waals surface area contributed by atoms with E-state index in [1.165, 1.54) is 14.3 Å². The van der Waals surface area contributed by atoms with Crippen LogP contribution in [0.5, 0.6) is 0 Å². The SMILES string of the molecule is Cn1c(=O)n(CCO)c2nc3c(n21)C(c1ccccn1)=NCN3N. The lowest BCUT2D eigenvalue weighted by Gasteiger charge is -2.21. The lowest BCUT2D eigenvalue weighted by molar-refractivity contribution is 0.275. The summed E-state index contributed by atoms with van der Waals surface area (Å²) in [5.41, 5.74) is 1.63. The third kappa shape index (κ3) is 1.90. The van der Waals surface area contributed by atoms with Crippen molar-refractivity contribution in [2.75, 3.05) is 18.3 Å². The van der Waals surface area contributed by atoms with E-state index in [1.807, 2.05) is 18.2 Å². The van der Waals surface area contributed by atoms with Gasteiger partial charge in [0.25, 0.3) is 0 Å². The largest absolute Gasteiger partial charge is 0.395 e. The number of pyridine rings is 1. The molecular formula is C14H16N8O2. The van der Waals surface area contributed by atoms with Gasteiger partial charge in [0.1, 0.15) is 18.1 Å². The van der Waals surface area contributed by atoms with E-state index in [2.05, 4.69) is 15.0 Å². The lowest BCUT2D eigenvalue weighted by atomic mass is 10.1. The molecule has 4 heterocycles. The smallest absolute Gasteiger partial charge is 0.345 e. The number of aryl methyl sites for hydroxylation is 1. The molecule has 0 saturated carbocycles. The number of fused-ring (bicyclic) bond motifs is 3. The average molecular weight is 328 g/mol.